The highest BCUT2D eigenvalue weighted by molar-refractivity contribution is 5.91. The van der Waals surface area contributed by atoms with E-state index in [1.807, 2.05) is 12.1 Å². The van der Waals surface area contributed by atoms with Gasteiger partial charge in [0.25, 0.3) is 0 Å². The number of rotatable bonds is 19. The van der Waals surface area contributed by atoms with Crippen molar-refractivity contribution in [1.29, 1.82) is 0 Å². The lowest BCUT2D eigenvalue weighted by atomic mass is 10.0. The fourth-order valence-electron chi connectivity index (χ4n) is 3.95. The molecule has 34 heavy (non-hydrogen) atoms. The van der Waals surface area contributed by atoms with E-state index in [4.69, 9.17) is 9.47 Å². The maximum absolute atomic E-state index is 12.2. The number of aldehydes is 1. The molecule has 0 bridgehead atoms. The smallest absolute Gasteiger partial charge is 0.343 e. The number of carbonyl (C=O) groups is 2. The maximum atomic E-state index is 12.2. The highest BCUT2D eigenvalue weighted by atomic mass is 16.5. The van der Waals surface area contributed by atoms with Crippen molar-refractivity contribution in [3.8, 4) is 11.5 Å². The summed E-state index contributed by atoms with van der Waals surface area (Å²) in [5.41, 5.74) is 0.931. The number of hydrogen-bond donors (Lipinski definition) is 0. The van der Waals surface area contributed by atoms with Crippen molar-refractivity contribution in [2.45, 2.75) is 96.8 Å². The number of ether oxygens (including phenoxy) is 2. The summed E-state index contributed by atoms with van der Waals surface area (Å²) in [7, 11) is 0. The molecular formula is C30H42O4. The molecule has 0 heterocycles. The van der Waals surface area contributed by atoms with Crippen molar-refractivity contribution in [3.63, 3.8) is 0 Å². The van der Waals surface area contributed by atoms with Crippen LogP contribution in [0.15, 0.2) is 48.5 Å². The number of esters is 1. The molecule has 0 aromatic heterocycles. The van der Waals surface area contributed by atoms with Crippen LogP contribution < -0.4 is 9.47 Å². The highest BCUT2D eigenvalue weighted by Gasteiger charge is 2.08. The van der Waals surface area contributed by atoms with Crippen LogP contribution in [0.1, 0.15) is 118 Å². The van der Waals surface area contributed by atoms with Gasteiger partial charge in [-0.05, 0) is 42.8 Å². The lowest BCUT2D eigenvalue weighted by Gasteiger charge is -2.08. The minimum absolute atomic E-state index is 0.406. The zero-order chi connectivity index (χ0) is 24.3. The van der Waals surface area contributed by atoms with Crippen LogP contribution >= 0.6 is 0 Å². The van der Waals surface area contributed by atoms with Crippen LogP contribution in [0.2, 0.25) is 0 Å². The van der Waals surface area contributed by atoms with E-state index >= 15 is 0 Å². The Morgan fingerprint density at radius 1 is 0.647 bits per heavy atom. The third-order valence-electron chi connectivity index (χ3n) is 6.08. The fourth-order valence-corrected chi connectivity index (χ4v) is 3.95. The summed E-state index contributed by atoms with van der Waals surface area (Å²) in [6.45, 7) is 2.98. The zero-order valence-electron chi connectivity index (χ0n) is 20.9. The second kappa shape index (κ2) is 17.8. The molecule has 0 aliphatic heterocycles. The molecular weight excluding hydrogens is 424 g/mol. The number of benzene rings is 2. The Morgan fingerprint density at radius 3 is 1.62 bits per heavy atom. The first-order valence-electron chi connectivity index (χ1n) is 13.2. The van der Waals surface area contributed by atoms with Crippen LogP contribution in [0.4, 0.5) is 0 Å². The summed E-state index contributed by atoms with van der Waals surface area (Å²) in [5.74, 6) is 0.798. The van der Waals surface area contributed by atoms with Gasteiger partial charge in [-0.25, -0.2) is 4.79 Å². The van der Waals surface area contributed by atoms with Crippen LogP contribution in [-0.2, 0) is 0 Å². The lowest BCUT2D eigenvalue weighted by molar-refractivity contribution is 0.0734. The van der Waals surface area contributed by atoms with E-state index in [-0.39, 0.29) is 0 Å². The summed E-state index contributed by atoms with van der Waals surface area (Å²) in [6, 6.07) is 13.5. The topological polar surface area (TPSA) is 52.6 Å². The van der Waals surface area contributed by atoms with Crippen LogP contribution in [0, 0.1) is 0 Å². The first kappa shape index (κ1) is 27.6. The largest absolute Gasteiger partial charge is 0.494 e. The number of unbranched alkanes of at least 4 members (excludes halogenated alkanes) is 13. The van der Waals surface area contributed by atoms with E-state index in [2.05, 4.69) is 6.92 Å². The van der Waals surface area contributed by atoms with Crippen LogP contribution in [-0.4, -0.2) is 18.9 Å². The van der Waals surface area contributed by atoms with E-state index in [1.54, 1.807) is 36.4 Å². The predicted octanol–water partition coefficient (Wildman–Crippen LogP) is 8.58. The standard InChI is InChI=1S/C30H42O4/c1-2-3-4-5-6-7-8-9-10-11-12-13-14-15-24-33-28-20-22-29(23-21-28)34-30(32)27-18-16-26(25-31)17-19-27/h16-23,25H,2-15,24H2,1H3. The molecule has 2 aromatic rings. The van der Waals surface area contributed by atoms with Crippen molar-refractivity contribution in [2.24, 2.45) is 0 Å². The van der Waals surface area contributed by atoms with E-state index in [0.29, 0.717) is 23.5 Å². The third kappa shape index (κ3) is 12.0. The average molecular weight is 467 g/mol. The number of hydrogen-bond acceptors (Lipinski definition) is 4. The normalized spacial score (nSPS) is 10.7. The molecule has 0 radical (unpaired) electrons. The van der Waals surface area contributed by atoms with Gasteiger partial charge in [0.1, 0.15) is 17.8 Å². The predicted molar refractivity (Wildman–Crippen MR) is 139 cm³/mol. The molecule has 0 amide bonds. The SMILES string of the molecule is CCCCCCCCCCCCCCCCOc1ccc(OC(=O)c2ccc(C=O)cc2)cc1. The Hall–Kier alpha value is -2.62. The molecule has 0 spiro atoms. The van der Waals surface area contributed by atoms with Crippen LogP contribution in [0.25, 0.3) is 0 Å². The van der Waals surface area contributed by atoms with Gasteiger partial charge in [0, 0.05) is 5.56 Å². The Labute approximate surface area is 206 Å². The van der Waals surface area contributed by atoms with E-state index < -0.39 is 5.97 Å². The Balaban J connectivity index is 1.46. The molecule has 0 aliphatic carbocycles. The molecule has 0 aliphatic rings. The molecule has 186 valence electrons. The van der Waals surface area contributed by atoms with Crippen molar-refractivity contribution >= 4 is 12.3 Å². The Bertz CT molecular complexity index is 796. The molecule has 0 atom stereocenters. The molecule has 4 heteroatoms. The number of carbonyl (C=O) groups excluding carboxylic acids is 2. The molecule has 0 saturated heterocycles. The van der Waals surface area contributed by atoms with Gasteiger partial charge in [0.05, 0.1) is 12.2 Å². The quantitative estimate of drug-likeness (QED) is 0.0900. The minimum atomic E-state index is -0.450. The summed E-state index contributed by atoms with van der Waals surface area (Å²) in [6.07, 6.45) is 19.6. The Kier molecular flexibility index (Phi) is 14.5. The summed E-state index contributed by atoms with van der Waals surface area (Å²) in [4.78, 5) is 22.9. The zero-order valence-corrected chi connectivity index (χ0v) is 20.9. The highest BCUT2D eigenvalue weighted by Crippen LogP contribution is 2.19. The minimum Gasteiger partial charge on any atom is -0.494 e. The maximum Gasteiger partial charge on any atom is 0.343 e. The van der Waals surface area contributed by atoms with Crippen molar-refractivity contribution < 1.29 is 19.1 Å². The van der Waals surface area contributed by atoms with Crippen molar-refractivity contribution in [2.75, 3.05) is 6.61 Å². The molecule has 2 aromatic carbocycles. The molecule has 0 saturated carbocycles. The van der Waals surface area contributed by atoms with Gasteiger partial charge in [0.2, 0.25) is 0 Å². The lowest BCUT2D eigenvalue weighted by Crippen LogP contribution is -2.08. The van der Waals surface area contributed by atoms with Gasteiger partial charge in [-0.1, -0.05) is 103 Å². The van der Waals surface area contributed by atoms with E-state index in [1.165, 1.54) is 83.5 Å². The van der Waals surface area contributed by atoms with Crippen molar-refractivity contribution in [3.05, 3.63) is 59.7 Å². The van der Waals surface area contributed by atoms with Crippen molar-refractivity contribution in [1.82, 2.24) is 0 Å². The fraction of sp³-hybridized carbons (Fsp3) is 0.533. The molecule has 0 fully saturated rings. The second-order valence-corrected chi connectivity index (χ2v) is 9.05. The van der Waals surface area contributed by atoms with Gasteiger partial charge >= 0.3 is 5.97 Å². The third-order valence-corrected chi connectivity index (χ3v) is 6.08. The molecule has 4 nitrogen and oxygen atoms in total. The molecule has 0 N–H and O–H groups in total. The van der Waals surface area contributed by atoms with Gasteiger partial charge < -0.3 is 9.47 Å². The van der Waals surface area contributed by atoms with Crippen LogP contribution in [0.3, 0.4) is 0 Å². The molecule has 2 rings (SSSR count). The second-order valence-electron chi connectivity index (χ2n) is 9.05. The van der Waals surface area contributed by atoms with Gasteiger partial charge in [0.15, 0.2) is 0 Å². The van der Waals surface area contributed by atoms with E-state index in [0.717, 1.165) is 18.5 Å². The summed E-state index contributed by atoms with van der Waals surface area (Å²) < 4.78 is 11.2. The monoisotopic (exact) mass is 466 g/mol. The van der Waals surface area contributed by atoms with Gasteiger partial charge in [-0.2, -0.15) is 0 Å². The van der Waals surface area contributed by atoms with Gasteiger partial charge in [-0.3, -0.25) is 4.79 Å². The average Bonchev–Trinajstić information content (AvgIpc) is 2.87. The first-order chi connectivity index (χ1) is 16.7. The van der Waals surface area contributed by atoms with E-state index in [9.17, 15) is 9.59 Å². The summed E-state index contributed by atoms with van der Waals surface area (Å²) >= 11 is 0. The summed E-state index contributed by atoms with van der Waals surface area (Å²) in [5, 5.41) is 0. The van der Waals surface area contributed by atoms with Gasteiger partial charge in [-0.15, -0.1) is 0 Å². The van der Waals surface area contributed by atoms with Crippen LogP contribution in [0.5, 0.6) is 11.5 Å². The first-order valence-corrected chi connectivity index (χ1v) is 13.2. The Morgan fingerprint density at radius 2 is 1.12 bits per heavy atom. The molecule has 0 unspecified atom stereocenters.